The fraction of sp³-hybridized carbons (Fsp3) is 0.235. The first-order chi connectivity index (χ1) is 11.9. The van der Waals surface area contributed by atoms with Crippen molar-refractivity contribution in [1.82, 2.24) is 0 Å². The molecule has 0 saturated heterocycles. The van der Waals surface area contributed by atoms with E-state index in [1.165, 1.54) is 31.3 Å². The molecule has 0 aromatic heterocycles. The van der Waals surface area contributed by atoms with Gasteiger partial charge in [-0.15, -0.1) is 11.6 Å². The highest BCUT2D eigenvalue weighted by molar-refractivity contribution is 9.10. The highest BCUT2D eigenvalue weighted by Crippen LogP contribution is 2.30. The Morgan fingerprint density at radius 3 is 2.24 bits per heavy atom. The number of halogens is 4. The maximum atomic E-state index is 14.2. The van der Waals surface area contributed by atoms with Crippen LogP contribution >= 0.6 is 27.5 Å². The third kappa shape index (κ3) is 4.41. The molecule has 2 aromatic carbocycles. The Kier molecular flexibility index (Phi) is 6.61. The van der Waals surface area contributed by atoms with Gasteiger partial charge < -0.3 is 14.4 Å². The van der Waals surface area contributed by atoms with Crippen LogP contribution in [-0.2, 0) is 11.3 Å². The number of rotatable bonds is 6. The lowest BCUT2D eigenvalue weighted by Crippen LogP contribution is -2.32. The lowest BCUT2D eigenvalue weighted by molar-refractivity contribution is -0.116. The Morgan fingerprint density at radius 2 is 1.72 bits per heavy atom. The molecule has 0 unspecified atom stereocenters. The lowest BCUT2D eigenvalue weighted by atomic mass is 10.1. The molecule has 2 aromatic rings. The summed E-state index contributed by atoms with van der Waals surface area (Å²) in [6.45, 7) is -0.197. The molecular formula is C17H15BrClF2NO3. The van der Waals surface area contributed by atoms with E-state index in [-0.39, 0.29) is 22.5 Å². The number of amides is 1. The second kappa shape index (κ2) is 8.49. The normalized spacial score (nSPS) is 10.5. The van der Waals surface area contributed by atoms with Gasteiger partial charge in [0, 0.05) is 23.8 Å². The van der Waals surface area contributed by atoms with Crippen LogP contribution in [0.1, 0.15) is 5.56 Å². The van der Waals surface area contributed by atoms with Crippen molar-refractivity contribution < 1.29 is 23.0 Å². The predicted molar refractivity (Wildman–Crippen MR) is 95.5 cm³/mol. The molecule has 25 heavy (non-hydrogen) atoms. The zero-order chi connectivity index (χ0) is 18.6. The molecule has 0 atom stereocenters. The Bertz CT molecular complexity index is 766. The van der Waals surface area contributed by atoms with Gasteiger partial charge in [0.25, 0.3) is 0 Å². The molecular weight excluding hydrogens is 420 g/mol. The van der Waals surface area contributed by atoms with Crippen molar-refractivity contribution >= 4 is 39.1 Å². The number of ether oxygens (including phenoxy) is 2. The quantitative estimate of drug-likeness (QED) is 0.496. The maximum absolute atomic E-state index is 14.2. The number of nitrogens with zero attached hydrogens (tertiary/aromatic N) is 1. The summed E-state index contributed by atoms with van der Waals surface area (Å²) < 4.78 is 38.3. The second-order valence-electron chi connectivity index (χ2n) is 5.02. The van der Waals surface area contributed by atoms with Gasteiger partial charge in [-0.25, -0.2) is 8.78 Å². The first kappa shape index (κ1) is 19.5. The summed E-state index contributed by atoms with van der Waals surface area (Å²) in [5, 5.41) is 0. The lowest BCUT2D eigenvalue weighted by Gasteiger charge is -2.23. The topological polar surface area (TPSA) is 38.8 Å². The molecule has 0 aliphatic rings. The molecule has 4 nitrogen and oxygen atoms in total. The highest BCUT2D eigenvalue weighted by atomic mass is 79.9. The van der Waals surface area contributed by atoms with E-state index >= 15 is 0 Å². The smallest absolute Gasteiger partial charge is 0.242 e. The van der Waals surface area contributed by atoms with Crippen LogP contribution in [0.25, 0.3) is 0 Å². The van der Waals surface area contributed by atoms with E-state index in [0.29, 0.717) is 17.2 Å². The van der Waals surface area contributed by atoms with Crippen molar-refractivity contribution in [2.24, 2.45) is 0 Å². The van der Waals surface area contributed by atoms with Crippen LogP contribution in [-0.4, -0.2) is 26.0 Å². The monoisotopic (exact) mass is 433 g/mol. The largest absolute Gasteiger partial charge is 0.497 e. The summed E-state index contributed by atoms with van der Waals surface area (Å²) in [6, 6.07) is 7.57. The van der Waals surface area contributed by atoms with Gasteiger partial charge >= 0.3 is 0 Å². The average Bonchev–Trinajstić information content (AvgIpc) is 2.64. The van der Waals surface area contributed by atoms with Gasteiger partial charge in [0.1, 0.15) is 17.4 Å². The van der Waals surface area contributed by atoms with Crippen LogP contribution in [0.2, 0.25) is 0 Å². The van der Waals surface area contributed by atoms with Crippen molar-refractivity contribution in [2.45, 2.75) is 6.54 Å². The summed E-state index contributed by atoms with van der Waals surface area (Å²) in [5.74, 6) is -1.94. The van der Waals surface area contributed by atoms with Crippen molar-refractivity contribution in [3.05, 3.63) is 52.0 Å². The van der Waals surface area contributed by atoms with E-state index in [4.69, 9.17) is 21.1 Å². The minimum Gasteiger partial charge on any atom is -0.497 e. The minimum absolute atomic E-state index is 0.00650. The fourth-order valence-corrected chi connectivity index (χ4v) is 2.65. The summed E-state index contributed by atoms with van der Waals surface area (Å²) in [7, 11) is 2.94. The fourth-order valence-electron chi connectivity index (χ4n) is 2.20. The van der Waals surface area contributed by atoms with E-state index in [9.17, 15) is 13.6 Å². The SMILES string of the molecule is COc1cc(OC)cc(N(Cc2ccc(Br)c(F)c2F)C(=O)CCl)c1. The Labute approximate surface area is 157 Å². The van der Waals surface area contributed by atoms with E-state index in [1.807, 2.05) is 0 Å². The summed E-state index contributed by atoms with van der Waals surface area (Å²) >= 11 is 8.60. The Balaban J connectivity index is 2.48. The number of methoxy groups -OCH3 is 2. The number of hydrogen-bond donors (Lipinski definition) is 0. The van der Waals surface area contributed by atoms with Crippen molar-refractivity contribution in [3.63, 3.8) is 0 Å². The predicted octanol–water partition coefficient (Wildman–Crippen LogP) is 4.52. The third-order valence-corrected chi connectivity index (χ3v) is 4.35. The van der Waals surface area contributed by atoms with E-state index in [1.54, 1.807) is 18.2 Å². The zero-order valence-corrected chi connectivity index (χ0v) is 15.8. The van der Waals surface area contributed by atoms with E-state index in [2.05, 4.69) is 15.9 Å². The van der Waals surface area contributed by atoms with Crippen molar-refractivity contribution in [2.75, 3.05) is 25.0 Å². The first-order valence-electron chi connectivity index (χ1n) is 7.13. The van der Waals surface area contributed by atoms with Crippen LogP contribution in [0, 0.1) is 11.6 Å². The van der Waals surface area contributed by atoms with Gasteiger partial charge in [0.15, 0.2) is 11.6 Å². The van der Waals surface area contributed by atoms with Gasteiger partial charge in [-0.1, -0.05) is 6.07 Å². The number of carbonyl (C=O) groups is 1. The van der Waals surface area contributed by atoms with E-state index in [0.717, 1.165) is 0 Å². The molecule has 0 aliphatic heterocycles. The van der Waals surface area contributed by atoms with Crippen LogP contribution in [0.5, 0.6) is 11.5 Å². The summed E-state index contributed by atoms with van der Waals surface area (Å²) in [6.07, 6.45) is 0. The van der Waals surface area contributed by atoms with Gasteiger partial charge in [-0.05, 0) is 22.0 Å². The molecule has 2 rings (SSSR count). The van der Waals surface area contributed by atoms with Crippen LogP contribution in [0.4, 0.5) is 14.5 Å². The molecule has 8 heteroatoms. The number of carbonyl (C=O) groups excluding carboxylic acids is 1. The van der Waals surface area contributed by atoms with Crippen molar-refractivity contribution in [3.8, 4) is 11.5 Å². The van der Waals surface area contributed by atoms with Gasteiger partial charge in [-0.2, -0.15) is 0 Å². The summed E-state index contributed by atoms with van der Waals surface area (Å²) in [5.41, 5.74) is 0.408. The Morgan fingerprint density at radius 1 is 1.12 bits per heavy atom. The molecule has 0 N–H and O–H groups in total. The van der Waals surface area contributed by atoms with Crippen LogP contribution in [0.15, 0.2) is 34.8 Å². The van der Waals surface area contributed by atoms with Gasteiger partial charge in [-0.3, -0.25) is 4.79 Å². The molecule has 0 heterocycles. The maximum Gasteiger partial charge on any atom is 0.242 e. The van der Waals surface area contributed by atoms with E-state index < -0.39 is 17.5 Å². The molecule has 0 spiro atoms. The molecule has 1 amide bonds. The molecule has 0 aliphatic carbocycles. The minimum atomic E-state index is -1.03. The number of alkyl halides is 1. The van der Waals surface area contributed by atoms with Crippen LogP contribution in [0.3, 0.4) is 0 Å². The number of benzene rings is 2. The number of hydrogen-bond acceptors (Lipinski definition) is 3. The number of anilines is 1. The third-order valence-electron chi connectivity index (χ3n) is 3.51. The van der Waals surface area contributed by atoms with Crippen molar-refractivity contribution in [1.29, 1.82) is 0 Å². The first-order valence-corrected chi connectivity index (χ1v) is 8.45. The standard InChI is InChI=1S/C17H15BrClF2NO3/c1-24-12-5-11(6-13(7-12)25-2)22(15(23)8-19)9-10-3-4-14(18)17(21)16(10)20/h3-7H,8-9H2,1-2H3. The average molecular weight is 435 g/mol. The van der Waals surface area contributed by atoms with Gasteiger partial charge in [0.05, 0.1) is 30.9 Å². The second-order valence-corrected chi connectivity index (χ2v) is 6.14. The molecule has 134 valence electrons. The highest BCUT2D eigenvalue weighted by Gasteiger charge is 2.21. The molecule has 0 radical (unpaired) electrons. The summed E-state index contributed by atoms with van der Waals surface area (Å²) in [4.78, 5) is 13.5. The molecule has 0 bridgehead atoms. The zero-order valence-electron chi connectivity index (χ0n) is 13.5. The van der Waals surface area contributed by atoms with Gasteiger partial charge in [0.2, 0.25) is 5.91 Å². The Hall–Kier alpha value is -1.86. The molecule has 0 fully saturated rings. The molecule has 0 saturated carbocycles. The van der Waals surface area contributed by atoms with Crippen LogP contribution < -0.4 is 14.4 Å².